The van der Waals surface area contributed by atoms with Crippen molar-refractivity contribution < 1.29 is 9.18 Å². The van der Waals surface area contributed by atoms with Gasteiger partial charge in [0.25, 0.3) is 0 Å². The summed E-state index contributed by atoms with van der Waals surface area (Å²) in [5, 5.41) is 5.65. The monoisotopic (exact) mass is 554 g/mol. The van der Waals surface area contributed by atoms with Crippen LogP contribution in [0.4, 0.5) is 15.9 Å². The molecule has 5 aromatic rings. The number of likely N-dealkylation sites (N-methyl/N-ethyl adjacent to an activating group) is 1. The van der Waals surface area contributed by atoms with Gasteiger partial charge in [-0.15, -0.1) is 11.3 Å². The van der Waals surface area contributed by atoms with E-state index in [2.05, 4.69) is 49.9 Å². The molecule has 4 heterocycles. The highest BCUT2D eigenvalue weighted by atomic mass is 32.1. The van der Waals surface area contributed by atoms with Crippen molar-refractivity contribution in [3.8, 4) is 0 Å². The number of thiophene rings is 1. The van der Waals surface area contributed by atoms with E-state index < -0.39 is 0 Å². The topological polar surface area (TPSA) is 66.3 Å². The van der Waals surface area contributed by atoms with Gasteiger partial charge in [-0.1, -0.05) is 25.1 Å². The molecule has 0 radical (unpaired) electrons. The number of hydrogen-bond acceptors (Lipinski definition) is 6. The van der Waals surface area contributed by atoms with E-state index in [-0.39, 0.29) is 11.7 Å². The van der Waals surface area contributed by atoms with E-state index in [9.17, 15) is 9.18 Å². The smallest absolute Gasteiger partial charge is 0.246 e. The molecule has 6 rings (SSSR count). The number of aromatic nitrogens is 3. The molecule has 1 N–H and O–H groups in total. The molecular weight excluding hydrogens is 523 g/mol. The molecule has 1 aliphatic heterocycles. The van der Waals surface area contributed by atoms with E-state index in [1.165, 1.54) is 16.5 Å². The van der Waals surface area contributed by atoms with Crippen LogP contribution in [0.1, 0.15) is 22.9 Å². The molecule has 40 heavy (non-hydrogen) atoms. The van der Waals surface area contributed by atoms with Crippen LogP contribution in [-0.2, 0) is 24.3 Å². The van der Waals surface area contributed by atoms with Gasteiger partial charge in [0.15, 0.2) is 0 Å². The third-order valence-electron chi connectivity index (χ3n) is 7.44. The number of nitrogens with one attached hydrogen (secondary N) is 1. The van der Waals surface area contributed by atoms with Crippen LogP contribution in [0.15, 0.2) is 73.2 Å². The number of carbonyl (C=O) groups is 1. The minimum atomic E-state index is -0.223. The summed E-state index contributed by atoms with van der Waals surface area (Å²) in [7, 11) is 2.04. The Bertz CT molecular complexity index is 1720. The van der Waals surface area contributed by atoms with Crippen molar-refractivity contribution in [2.45, 2.75) is 26.4 Å². The molecule has 7 nitrogen and oxygen atoms in total. The molecule has 2 aromatic carbocycles. The molecule has 0 saturated heterocycles. The van der Waals surface area contributed by atoms with Gasteiger partial charge in [0.2, 0.25) is 5.91 Å². The SMILES string of the molecule is CCN(C)CC=CC(=O)N1CCc2c(sc3ncnc(Nc4ccc5c(ccn5Cc5cccc(F)c5)c4)c23)C1. The van der Waals surface area contributed by atoms with E-state index in [4.69, 9.17) is 0 Å². The van der Waals surface area contributed by atoms with Gasteiger partial charge in [-0.3, -0.25) is 4.79 Å². The number of halogens is 1. The standard InChI is InChI=1S/C31H31FN6OS/c1-3-36(2)13-5-8-28(39)38-15-12-25-27(19-38)40-31-29(25)30(33-20-34-31)35-24-9-10-26-22(17-24)11-14-37(26)18-21-6-4-7-23(32)16-21/h4-11,14,16-17,20H,3,12-13,15,18-19H2,1-2H3,(H,33,34,35). The van der Waals surface area contributed by atoms with Crippen molar-refractivity contribution in [2.24, 2.45) is 0 Å². The summed E-state index contributed by atoms with van der Waals surface area (Å²) in [6, 6.07) is 15.0. The van der Waals surface area contributed by atoms with Gasteiger partial charge in [-0.2, -0.15) is 0 Å². The van der Waals surface area contributed by atoms with Crippen LogP contribution in [0.25, 0.3) is 21.1 Å². The summed E-state index contributed by atoms with van der Waals surface area (Å²) in [5.74, 6) is 0.608. The van der Waals surface area contributed by atoms with Crippen LogP contribution in [0.5, 0.6) is 0 Å². The zero-order valence-electron chi connectivity index (χ0n) is 22.6. The summed E-state index contributed by atoms with van der Waals surface area (Å²) in [4.78, 5) is 28.1. The van der Waals surface area contributed by atoms with Crippen molar-refractivity contribution >= 4 is 49.9 Å². The van der Waals surface area contributed by atoms with Gasteiger partial charge in [0.05, 0.1) is 11.9 Å². The number of nitrogens with zero attached hydrogens (tertiary/aromatic N) is 5. The minimum absolute atomic E-state index is 0.0506. The van der Waals surface area contributed by atoms with Crippen LogP contribution in [-0.4, -0.2) is 56.9 Å². The fourth-order valence-electron chi connectivity index (χ4n) is 5.16. The van der Waals surface area contributed by atoms with E-state index in [1.54, 1.807) is 35.9 Å². The maximum absolute atomic E-state index is 13.6. The molecule has 0 unspecified atom stereocenters. The maximum Gasteiger partial charge on any atom is 0.246 e. The fraction of sp³-hybridized carbons (Fsp3) is 0.258. The van der Waals surface area contributed by atoms with Crippen molar-refractivity contribution in [3.05, 3.63) is 95.0 Å². The second-order valence-corrected chi connectivity index (χ2v) is 11.2. The van der Waals surface area contributed by atoms with Gasteiger partial charge in [0.1, 0.15) is 22.8 Å². The van der Waals surface area contributed by atoms with Gasteiger partial charge in [-0.05, 0) is 67.5 Å². The van der Waals surface area contributed by atoms with Crippen molar-refractivity contribution in [1.29, 1.82) is 0 Å². The van der Waals surface area contributed by atoms with E-state index >= 15 is 0 Å². The summed E-state index contributed by atoms with van der Waals surface area (Å²) < 4.78 is 15.8. The number of rotatable bonds is 8. The molecular formula is C31H31FN6OS. The van der Waals surface area contributed by atoms with Crippen LogP contribution < -0.4 is 5.32 Å². The van der Waals surface area contributed by atoms with Crippen molar-refractivity contribution in [3.63, 3.8) is 0 Å². The van der Waals surface area contributed by atoms with E-state index in [0.29, 0.717) is 19.6 Å². The lowest BCUT2D eigenvalue weighted by atomic mass is 10.0. The van der Waals surface area contributed by atoms with Crippen LogP contribution in [0.2, 0.25) is 0 Å². The molecule has 0 aliphatic carbocycles. The highest BCUT2D eigenvalue weighted by molar-refractivity contribution is 7.19. The lowest BCUT2D eigenvalue weighted by Crippen LogP contribution is -2.34. The average Bonchev–Trinajstić information content (AvgIpc) is 3.53. The zero-order chi connectivity index (χ0) is 27.6. The normalized spacial score (nSPS) is 13.6. The van der Waals surface area contributed by atoms with Gasteiger partial charge in [0, 0.05) is 53.4 Å². The third kappa shape index (κ3) is 5.35. The predicted octanol–water partition coefficient (Wildman–Crippen LogP) is 5.97. The lowest BCUT2D eigenvalue weighted by molar-refractivity contribution is -0.126. The largest absolute Gasteiger partial charge is 0.343 e. The molecule has 0 saturated carbocycles. The first-order valence-electron chi connectivity index (χ1n) is 13.5. The number of fused-ring (bicyclic) bond motifs is 4. The predicted molar refractivity (Wildman–Crippen MR) is 160 cm³/mol. The Morgan fingerprint density at radius 1 is 1.20 bits per heavy atom. The molecule has 3 aromatic heterocycles. The Labute approximate surface area is 236 Å². The highest BCUT2D eigenvalue weighted by Crippen LogP contribution is 2.38. The molecule has 0 spiro atoms. The molecule has 0 bridgehead atoms. The maximum atomic E-state index is 13.6. The Morgan fingerprint density at radius 2 is 2.10 bits per heavy atom. The van der Waals surface area contributed by atoms with Crippen molar-refractivity contribution in [1.82, 2.24) is 24.3 Å². The molecule has 1 amide bonds. The van der Waals surface area contributed by atoms with Crippen LogP contribution >= 0.6 is 11.3 Å². The molecule has 0 fully saturated rings. The summed E-state index contributed by atoms with van der Waals surface area (Å²) in [6.45, 7) is 5.67. The Balaban J connectivity index is 1.21. The van der Waals surface area contributed by atoms with Crippen LogP contribution in [0.3, 0.4) is 0 Å². The first kappa shape index (κ1) is 26.2. The zero-order valence-corrected chi connectivity index (χ0v) is 23.4. The van der Waals surface area contributed by atoms with Crippen molar-refractivity contribution in [2.75, 3.05) is 32.0 Å². The first-order valence-corrected chi connectivity index (χ1v) is 14.3. The second-order valence-electron chi connectivity index (χ2n) is 10.1. The Hall–Kier alpha value is -4.08. The van der Waals surface area contributed by atoms with Crippen LogP contribution in [0, 0.1) is 5.82 Å². The second kappa shape index (κ2) is 11.2. The number of anilines is 2. The third-order valence-corrected chi connectivity index (χ3v) is 8.57. The summed E-state index contributed by atoms with van der Waals surface area (Å²) >= 11 is 1.64. The number of carbonyl (C=O) groups excluding carboxylic acids is 1. The summed E-state index contributed by atoms with van der Waals surface area (Å²) in [6.07, 6.45) is 8.02. The number of hydrogen-bond donors (Lipinski definition) is 1. The van der Waals surface area contributed by atoms with E-state index in [1.807, 2.05) is 36.4 Å². The lowest BCUT2D eigenvalue weighted by Gasteiger charge is -2.26. The molecule has 1 aliphatic rings. The average molecular weight is 555 g/mol. The van der Waals surface area contributed by atoms with Gasteiger partial charge in [-0.25, -0.2) is 14.4 Å². The number of amides is 1. The van der Waals surface area contributed by atoms with Gasteiger partial charge < -0.3 is 19.7 Å². The van der Waals surface area contributed by atoms with Gasteiger partial charge >= 0.3 is 0 Å². The Kier molecular flexibility index (Phi) is 7.32. The van der Waals surface area contributed by atoms with E-state index in [0.717, 1.165) is 57.7 Å². The molecule has 0 atom stereocenters. The summed E-state index contributed by atoms with van der Waals surface area (Å²) in [5.41, 5.74) is 4.16. The molecule has 9 heteroatoms. The highest BCUT2D eigenvalue weighted by Gasteiger charge is 2.25. The Morgan fingerprint density at radius 3 is 2.95 bits per heavy atom. The quantitative estimate of drug-likeness (QED) is 0.240. The number of benzene rings is 2. The fourth-order valence-corrected chi connectivity index (χ4v) is 6.37. The first-order chi connectivity index (χ1) is 19.5. The minimum Gasteiger partial charge on any atom is -0.343 e. The molecule has 204 valence electrons.